The second kappa shape index (κ2) is 28.8. The van der Waals surface area contributed by atoms with Gasteiger partial charge in [-0.1, -0.05) is 0 Å². The average molecular weight is 568 g/mol. The van der Waals surface area contributed by atoms with Crippen LogP contribution in [0.5, 0.6) is 5.75 Å². The molecule has 0 aliphatic heterocycles. The molecular formula is C26H46ClNO10. The van der Waals surface area contributed by atoms with Crippen molar-refractivity contribution in [2.45, 2.75) is 0 Å². The second-order valence-corrected chi connectivity index (χ2v) is 8.00. The first-order chi connectivity index (χ1) is 18.8. The van der Waals surface area contributed by atoms with Crippen molar-refractivity contribution < 1.29 is 47.4 Å². The largest absolute Gasteiger partial charge is 0.491 e. The highest BCUT2D eigenvalue weighted by molar-refractivity contribution is 6.17. The molecule has 0 aromatic heterocycles. The zero-order chi connectivity index (χ0) is 27.2. The summed E-state index contributed by atoms with van der Waals surface area (Å²) in [5, 5.41) is 0. The van der Waals surface area contributed by atoms with Crippen molar-refractivity contribution in [3.63, 3.8) is 0 Å². The highest BCUT2D eigenvalue weighted by atomic mass is 35.5. The van der Waals surface area contributed by atoms with E-state index >= 15 is 0 Å². The first-order valence-corrected chi connectivity index (χ1v) is 13.6. The van der Waals surface area contributed by atoms with Gasteiger partial charge in [-0.05, 0) is 24.3 Å². The number of benzene rings is 1. The lowest BCUT2D eigenvalue weighted by atomic mass is 10.3. The summed E-state index contributed by atoms with van der Waals surface area (Å²) in [6, 6.07) is 7.26. The van der Waals surface area contributed by atoms with E-state index in [0.29, 0.717) is 137 Å². The third-order valence-electron chi connectivity index (χ3n) is 4.57. The van der Waals surface area contributed by atoms with Crippen molar-refractivity contribution in [3.8, 4) is 5.75 Å². The van der Waals surface area contributed by atoms with E-state index in [1.165, 1.54) is 0 Å². The van der Waals surface area contributed by atoms with Crippen LogP contribution < -0.4 is 10.5 Å². The molecule has 222 valence electrons. The molecule has 38 heavy (non-hydrogen) atoms. The molecule has 12 heteroatoms. The van der Waals surface area contributed by atoms with Crippen LogP contribution in [0, 0.1) is 0 Å². The Morgan fingerprint density at radius 3 is 0.947 bits per heavy atom. The predicted molar refractivity (Wildman–Crippen MR) is 144 cm³/mol. The average Bonchev–Trinajstić information content (AvgIpc) is 2.93. The number of ether oxygens (including phenoxy) is 10. The number of hydrogen-bond donors (Lipinski definition) is 1. The van der Waals surface area contributed by atoms with Crippen LogP contribution in [0.25, 0.3) is 0 Å². The number of halogens is 1. The van der Waals surface area contributed by atoms with Crippen LogP contribution >= 0.6 is 11.6 Å². The molecule has 2 N–H and O–H groups in total. The summed E-state index contributed by atoms with van der Waals surface area (Å²) in [6.45, 7) is 9.85. The molecule has 1 rings (SSSR count). The SMILES string of the molecule is Nc1ccc(OCCOCCOCCOCCOCCOCCOCCOCCOCCOCCCl)cc1. The molecular weight excluding hydrogens is 522 g/mol. The predicted octanol–water partition coefficient (Wildman–Crippen LogP) is 2.04. The van der Waals surface area contributed by atoms with Gasteiger partial charge in [0.25, 0.3) is 0 Å². The van der Waals surface area contributed by atoms with Crippen molar-refractivity contribution in [1.29, 1.82) is 0 Å². The minimum atomic E-state index is 0.478. The fourth-order valence-corrected chi connectivity index (χ4v) is 2.81. The van der Waals surface area contributed by atoms with Crippen molar-refractivity contribution in [2.75, 3.05) is 137 Å². The summed E-state index contributed by atoms with van der Waals surface area (Å²) in [7, 11) is 0. The van der Waals surface area contributed by atoms with E-state index in [4.69, 9.17) is 64.7 Å². The molecule has 0 saturated heterocycles. The normalized spacial score (nSPS) is 11.3. The van der Waals surface area contributed by atoms with Crippen molar-refractivity contribution in [1.82, 2.24) is 0 Å². The van der Waals surface area contributed by atoms with Crippen LogP contribution in [0.4, 0.5) is 5.69 Å². The minimum absolute atomic E-state index is 0.478. The topological polar surface area (TPSA) is 118 Å². The fraction of sp³-hybridized carbons (Fsp3) is 0.769. The standard InChI is InChI=1S/C26H46ClNO10/c27-5-6-29-7-8-30-9-10-31-11-12-32-13-14-33-15-16-34-17-18-35-19-20-36-21-22-37-23-24-38-26-3-1-25(28)2-4-26/h1-4H,5-24,28H2. The Morgan fingerprint density at radius 2 is 0.658 bits per heavy atom. The summed E-state index contributed by atoms with van der Waals surface area (Å²) >= 11 is 5.50. The number of hydrogen-bond acceptors (Lipinski definition) is 11. The van der Waals surface area contributed by atoms with E-state index < -0.39 is 0 Å². The van der Waals surface area contributed by atoms with Crippen LogP contribution in [0.15, 0.2) is 24.3 Å². The maximum Gasteiger partial charge on any atom is 0.119 e. The molecule has 0 spiro atoms. The third kappa shape index (κ3) is 25.1. The van der Waals surface area contributed by atoms with Gasteiger partial charge in [-0.15, -0.1) is 11.6 Å². The Hall–Kier alpha value is -1.25. The van der Waals surface area contributed by atoms with Crippen molar-refractivity contribution >= 4 is 17.3 Å². The van der Waals surface area contributed by atoms with Gasteiger partial charge >= 0.3 is 0 Å². The second-order valence-electron chi connectivity index (χ2n) is 7.62. The first-order valence-electron chi connectivity index (χ1n) is 13.1. The van der Waals surface area contributed by atoms with Gasteiger partial charge in [0.2, 0.25) is 0 Å². The summed E-state index contributed by atoms with van der Waals surface area (Å²) in [4.78, 5) is 0. The lowest BCUT2D eigenvalue weighted by molar-refractivity contribution is -0.0251. The van der Waals surface area contributed by atoms with Gasteiger partial charge in [0.15, 0.2) is 0 Å². The molecule has 0 atom stereocenters. The Balaban J connectivity index is 1.64. The lowest BCUT2D eigenvalue weighted by Gasteiger charge is -2.09. The van der Waals surface area contributed by atoms with E-state index in [-0.39, 0.29) is 0 Å². The van der Waals surface area contributed by atoms with Crippen molar-refractivity contribution in [2.24, 2.45) is 0 Å². The molecule has 0 saturated carbocycles. The summed E-state index contributed by atoms with van der Waals surface area (Å²) < 4.78 is 54.2. The van der Waals surface area contributed by atoms with Crippen LogP contribution in [-0.4, -0.2) is 131 Å². The van der Waals surface area contributed by atoms with Gasteiger partial charge in [-0.2, -0.15) is 0 Å². The number of rotatable bonds is 30. The molecule has 0 fully saturated rings. The fourth-order valence-electron chi connectivity index (χ4n) is 2.70. The van der Waals surface area contributed by atoms with E-state index in [1.807, 2.05) is 12.1 Å². The van der Waals surface area contributed by atoms with E-state index in [2.05, 4.69) is 0 Å². The zero-order valence-electron chi connectivity index (χ0n) is 22.5. The van der Waals surface area contributed by atoms with E-state index in [0.717, 1.165) is 5.75 Å². The van der Waals surface area contributed by atoms with Gasteiger partial charge in [-0.25, -0.2) is 0 Å². The monoisotopic (exact) mass is 567 g/mol. The van der Waals surface area contributed by atoms with Crippen LogP contribution in [0.2, 0.25) is 0 Å². The molecule has 0 unspecified atom stereocenters. The summed E-state index contributed by atoms with van der Waals surface area (Å²) in [5.41, 5.74) is 6.34. The zero-order valence-corrected chi connectivity index (χ0v) is 23.2. The Bertz CT molecular complexity index is 600. The van der Waals surface area contributed by atoms with Gasteiger partial charge in [0, 0.05) is 11.6 Å². The quantitative estimate of drug-likeness (QED) is 0.0835. The van der Waals surface area contributed by atoms with Crippen LogP contribution in [0.3, 0.4) is 0 Å². The number of alkyl halides is 1. The van der Waals surface area contributed by atoms with Gasteiger partial charge < -0.3 is 53.1 Å². The number of anilines is 1. The molecule has 0 heterocycles. The Labute approximate surface area is 232 Å². The maximum absolute atomic E-state index is 5.63. The molecule has 0 aliphatic carbocycles. The third-order valence-corrected chi connectivity index (χ3v) is 4.73. The van der Waals surface area contributed by atoms with Crippen LogP contribution in [0.1, 0.15) is 0 Å². The molecule has 11 nitrogen and oxygen atoms in total. The lowest BCUT2D eigenvalue weighted by Crippen LogP contribution is -2.15. The summed E-state index contributed by atoms with van der Waals surface area (Å²) in [6.07, 6.45) is 0. The first kappa shape index (κ1) is 34.8. The minimum Gasteiger partial charge on any atom is -0.491 e. The Kier molecular flexibility index (Phi) is 26.3. The van der Waals surface area contributed by atoms with Gasteiger partial charge in [0.05, 0.1) is 119 Å². The van der Waals surface area contributed by atoms with Gasteiger partial charge in [-0.3, -0.25) is 0 Å². The molecule has 1 aromatic carbocycles. The molecule has 0 amide bonds. The van der Waals surface area contributed by atoms with E-state index in [1.54, 1.807) is 12.1 Å². The molecule has 0 bridgehead atoms. The molecule has 0 radical (unpaired) electrons. The van der Waals surface area contributed by atoms with Crippen LogP contribution in [-0.2, 0) is 42.6 Å². The molecule has 0 aliphatic rings. The van der Waals surface area contributed by atoms with E-state index in [9.17, 15) is 0 Å². The smallest absolute Gasteiger partial charge is 0.119 e. The Morgan fingerprint density at radius 1 is 0.395 bits per heavy atom. The highest BCUT2D eigenvalue weighted by Gasteiger charge is 1.97. The maximum atomic E-state index is 5.63. The van der Waals surface area contributed by atoms with Gasteiger partial charge in [0.1, 0.15) is 12.4 Å². The summed E-state index contributed by atoms with van der Waals surface area (Å²) in [5.74, 6) is 1.27. The highest BCUT2D eigenvalue weighted by Crippen LogP contribution is 2.12. The molecule has 1 aromatic rings. The number of nitrogens with two attached hydrogens (primary N) is 1. The van der Waals surface area contributed by atoms with Crippen molar-refractivity contribution in [3.05, 3.63) is 24.3 Å². The number of nitrogen functional groups attached to an aromatic ring is 1.